The highest BCUT2D eigenvalue weighted by Crippen LogP contribution is 2.27. The topological polar surface area (TPSA) is 26.3 Å². The van der Waals surface area contributed by atoms with Crippen LogP contribution in [0.4, 0.5) is 0 Å². The van der Waals surface area contributed by atoms with Gasteiger partial charge in [-0.1, -0.05) is 52.0 Å². The number of benzene rings is 1. The Morgan fingerprint density at radius 1 is 1.21 bits per heavy atom. The summed E-state index contributed by atoms with van der Waals surface area (Å²) in [6.45, 7) is 10.8. The maximum absolute atomic E-state index is 12.1. The van der Waals surface area contributed by atoms with E-state index in [9.17, 15) is 4.79 Å². The quantitative estimate of drug-likeness (QED) is 0.719. The van der Waals surface area contributed by atoms with Crippen molar-refractivity contribution in [2.24, 2.45) is 11.8 Å². The number of ether oxygens (including phenoxy) is 1. The van der Waals surface area contributed by atoms with E-state index in [1.807, 2.05) is 19.1 Å². The smallest absolute Gasteiger partial charge is 0.313 e. The molecule has 1 aromatic rings. The van der Waals surface area contributed by atoms with Crippen LogP contribution in [0.5, 0.6) is 0 Å². The van der Waals surface area contributed by atoms with E-state index in [1.165, 1.54) is 5.56 Å². The van der Waals surface area contributed by atoms with Crippen molar-refractivity contribution in [1.29, 1.82) is 0 Å². The molecule has 0 aliphatic rings. The first-order valence-electron chi connectivity index (χ1n) is 7.21. The Morgan fingerprint density at radius 3 is 2.42 bits per heavy atom. The Labute approximate surface area is 117 Å². The second-order valence-corrected chi connectivity index (χ2v) is 5.82. The highest BCUT2D eigenvalue weighted by atomic mass is 16.5. The first-order valence-corrected chi connectivity index (χ1v) is 7.21. The Kier molecular flexibility index (Phi) is 6.07. The molecule has 0 heterocycles. The highest BCUT2D eigenvalue weighted by Gasteiger charge is 2.25. The molecule has 2 heteroatoms. The molecule has 0 amide bonds. The van der Waals surface area contributed by atoms with Gasteiger partial charge >= 0.3 is 5.97 Å². The number of rotatable bonds is 6. The highest BCUT2D eigenvalue weighted by molar-refractivity contribution is 5.78. The van der Waals surface area contributed by atoms with Crippen LogP contribution >= 0.6 is 0 Å². The Hall–Kier alpha value is -1.31. The van der Waals surface area contributed by atoms with Crippen molar-refractivity contribution in [2.75, 3.05) is 6.61 Å². The van der Waals surface area contributed by atoms with E-state index in [4.69, 9.17) is 4.74 Å². The van der Waals surface area contributed by atoms with Crippen LogP contribution in [0, 0.1) is 11.8 Å². The average molecular weight is 262 g/mol. The molecular weight excluding hydrogens is 236 g/mol. The van der Waals surface area contributed by atoms with Crippen LogP contribution in [0.3, 0.4) is 0 Å². The fourth-order valence-corrected chi connectivity index (χ4v) is 2.41. The maximum atomic E-state index is 12.1. The number of carbonyl (C=O) groups excluding carboxylic acids is 1. The molecule has 0 N–H and O–H groups in total. The first-order chi connectivity index (χ1) is 8.95. The maximum Gasteiger partial charge on any atom is 0.313 e. The largest absolute Gasteiger partial charge is 0.466 e. The third-order valence-electron chi connectivity index (χ3n) is 3.16. The molecule has 0 bridgehead atoms. The number of carbonyl (C=O) groups is 1. The van der Waals surface area contributed by atoms with E-state index in [0.717, 1.165) is 12.0 Å². The van der Waals surface area contributed by atoms with Gasteiger partial charge in [-0.3, -0.25) is 4.79 Å². The van der Waals surface area contributed by atoms with Gasteiger partial charge in [-0.25, -0.2) is 0 Å². The summed E-state index contributed by atoms with van der Waals surface area (Å²) >= 11 is 0. The normalized spacial score (nSPS) is 12.8. The summed E-state index contributed by atoms with van der Waals surface area (Å²) < 4.78 is 5.20. The van der Waals surface area contributed by atoms with Crippen LogP contribution in [-0.2, 0) is 16.0 Å². The van der Waals surface area contributed by atoms with Crippen molar-refractivity contribution in [3.8, 4) is 0 Å². The fourth-order valence-electron chi connectivity index (χ4n) is 2.41. The second-order valence-electron chi connectivity index (χ2n) is 5.82. The minimum atomic E-state index is -0.160. The zero-order valence-electron chi connectivity index (χ0n) is 12.8. The molecule has 0 aliphatic carbocycles. The molecule has 1 rings (SSSR count). The lowest BCUT2D eigenvalue weighted by Gasteiger charge is -2.20. The molecule has 0 aliphatic heterocycles. The molecule has 106 valence electrons. The molecule has 0 spiro atoms. The summed E-state index contributed by atoms with van der Waals surface area (Å²) in [7, 11) is 0. The third kappa shape index (κ3) is 4.70. The van der Waals surface area contributed by atoms with E-state index < -0.39 is 0 Å². The fraction of sp³-hybridized carbons (Fsp3) is 0.588. The van der Waals surface area contributed by atoms with Gasteiger partial charge < -0.3 is 4.74 Å². The van der Waals surface area contributed by atoms with Gasteiger partial charge in [0.15, 0.2) is 0 Å². The van der Waals surface area contributed by atoms with Gasteiger partial charge in [-0.15, -0.1) is 0 Å². The molecule has 2 nitrogen and oxygen atoms in total. The van der Waals surface area contributed by atoms with Crippen molar-refractivity contribution in [2.45, 2.75) is 47.0 Å². The molecule has 1 atom stereocenters. The number of hydrogen-bond donors (Lipinski definition) is 0. The van der Waals surface area contributed by atoms with Crippen molar-refractivity contribution >= 4 is 5.97 Å². The SMILES string of the molecule is CCOC(=O)C(c1cccc(CC(C)C)c1)C(C)C. The van der Waals surface area contributed by atoms with Crippen LogP contribution < -0.4 is 0 Å². The average Bonchev–Trinajstić information content (AvgIpc) is 2.28. The minimum absolute atomic E-state index is 0.112. The zero-order valence-corrected chi connectivity index (χ0v) is 12.8. The van der Waals surface area contributed by atoms with E-state index in [-0.39, 0.29) is 17.8 Å². The van der Waals surface area contributed by atoms with Crippen molar-refractivity contribution < 1.29 is 9.53 Å². The van der Waals surface area contributed by atoms with E-state index >= 15 is 0 Å². The van der Waals surface area contributed by atoms with Crippen molar-refractivity contribution in [3.05, 3.63) is 35.4 Å². The van der Waals surface area contributed by atoms with Gasteiger partial charge in [0.1, 0.15) is 0 Å². The summed E-state index contributed by atoms with van der Waals surface area (Å²) in [6.07, 6.45) is 1.04. The molecule has 1 aromatic carbocycles. The molecule has 0 radical (unpaired) electrons. The molecule has 0 aromatic heterocycles. The standard InChI is InChI=1S/C17H26O2/c1-6-19-17(18)16(13(4)5)15-9-7-8-14(11-15)10-12(2)3/h7-9,11-13,16H,6,10H2,1-5H3. The predicted molar refractivity (Wildman–Crippen MR) is 79.2 cm³/mol. The van der Waals surface area contributed by atoms with Gasteiger partial charge in [0.2, 0.25) is 0 Å². The molecule has 1 unspecified atom stereocenters. The second kappa shape index (κ2) is 7.32. The number of esters is 1. The summed E-state index contributed by atoms with van der Waals surface area (Å²) in [5, 5.41) is 0. The zero-order chi connectivity index (χ0) is 14.4. The molecular formula is C17H26O2. The van der Waals surface area contributed by atoms with Gasteiger partial charge in [-0.2, -0.15) is 0 Å². The summed E-state index contributed by atoms with van der Waals surface area (Å²) in [5.74, 6) is 0.593. The summed E-state index contributed by atoms with van der Waals surface area (Å²) in [5.41, 5.74) is 2.37. The van der Waals surface area contributed by atoms with E-state index in [2.05, 4.69) is 39.8 Å². The van der Waals surface area contributed by atoms with E-state index in [1.54, 1.807) is 0 Å². The van der Waals surface area contributed by atoms with Gasteiger partial charge in [0, 0.05) is 0 Å². The van der Waals surface area contributed by atoms with Crippen LogP contribution in [0.1, 0.15) is 51.7 Å². The van der Waals surface area contributed by atoms with Crippen molar-refractivity contribution in [1.82, 2.24) is 0 Å². The van der Waals surface area contributed by atoms with E-state index in [0.29, 0.717) is 12.5 Å². The Bertz CT molecular complexity index is 407. The third-order valence-corrected chi connectivity index (χ3v) is 3.16. The number of hydrogen-bond acceptors (Lipinski definition) is 2. The van der Waals surface area contributed by atoms with Gasteiger partial charge in [0.05, 0.1) is 12.5 Å². The van der Waals surface area contributed by atoms with Crippen LogP contribution in [0.2, 0.25) is 0 Å². The molecule has 0 saturated carbocycles. The van der Waals surface area contributed by atoms with Crippen molar-refractivity contribution in [3.63, 3.8) is 0 Å². The first kappa shape index (κ1) is 15.7. The summed E-state index contributed by atoms with van der Waals surface area (Å²) in [6, 6.07) is 8.36. The monoisotopic (exact) mass is 262 g/mol. The van der Waals surface area contributed by atoms with Crippen LogP contribution in [0.25, 0.3) is 0 Å². The Balaban J connectivity index is 2.99. The van der Waals surface area contributed by atoms with Crippen LogP contribution in [-0.4, -0.2) is 12.6 Å². The molecule has 0 fully saturated rings. The van der Waals surface area contributed by atoms with Gasteiger partial charge in [-0.05, 0) is 36.3 Å². The van der Waals surface area contributed by atoms with Gasteiger partial charge in [0.25, 0.3) is 0 Å². The lowest BCUT2D eigenvalue weighted by Crippen LogP contribution is -2.21. The lowest BCUT2D eigenvalue weighted by atomic mass is 9.87. The molecule has 19 heavy (non-hydrogen) atoms. The molecule has 0 saturated heterocycles. The van der Waals surface area contributed by atoms with Crippen LogP contribution in [0.15, 0.2) is 24.3 Å². The minimum Gasteiger partial charge on any atom is -0.466 e. The Morgan fingerprint density at radius 2 is 1.89 bits per heavy atom. The lowest BCUT2D eigenvalue weighted by molar-refractivity contribution is -0.146. The summed E-state index contributed by atoms with van der Waals surface area (Å²) in [4.78, 5) is 12.1. The predicted octanol–water partition coefficient (Wildman–Crippen LogP) is 4.19.